The SMILES string of the molecule is CCOc1ccc(N2C[C@@H](NC(=O)NCCOC)CC2=O)cc1. The minimum absolute atomic E-state index is 0.00338. The summed E-state index contributed by atoms with van der Waals surface area (Å²) in [5, 5.41) is 5.49. The van der Waals surface area contributed by atoms with E-state index in [-0.39, 0.29) is 18.0 Å². The second-order valence-corrected chi connectivity index (χ2v) is 5.23. The van der Waals surface area contributed by atoms with Crippen molar-refractivity contribution in [2.24, 2.45) is 0 Å². The number of anilines is 1. The Morgan fingerprint density at radius 2 is 2.09 bits per heavy atom. The Balaban J connectivity index is 1.88. The van der Waals surface area contributed by atoms with Crippen LogP contribution in [0.15, 0.2) is 24.3 Å². The second kappa shape index (κ2) is 8.38. The van der Waals surface area contributed by atoms with Crippen LogP contribution < -0.4 is 20.3 Å². The molecule has 3 amide bonds. The fourth-order valence-electron chi connectivity index (χ4n) is 2.45. The number of carbonyl (C=O) groups excluding carboxylic acids is 2. The third-order valence-electron chi connectivity index (χ3n) is 3.51. The van der Waals surface area contributed by atoms with Crippen LogP contribution in [0.1, 0.15) is 13.3 Å². The highest BCUT2D eigenvalue weighted by Gasteiger charge is 2.31. The van der Waals surface area contributed by atoms with Crippen LogP contribution in [0.5, 0.6) is 5.75 Å². The van der Waals surface area contributed by atoms with Crippen LogP contribution in [-0.2, 0) is 9.53 Å². The third kappa shape index (κ3) is 4.85. The molecule has 1 fully saturated rings. The van der Waals surface area contributed by atoms with Gasteiger partial charge in [0.05, 0.1) is 19.3 Å². The molecule has 1 heterocycles. The number of nitrogens with one attached hydrogen (secondary N) is 2. The summed E-state index contributed by atoms with van der Waals surface area (Å²) < 4.78 is 10.3. The highest BCUT2D eigenvalue weighted by Crippen LogP contribution is 2.24. The Kier molecular flexibility index (Phi) is 6.22. The predicted molar refractivity (Wildman–Crippen MR) is 86.8 cm³/mol. The van der Waals surface area contributed by atoms with Gasteiger partial charge in [-0.2, -0.15) is 0 Å². The number of hydrogen-bond acceptors (Lipinski definition) is 4. The van der Waals surface area contributed by atoms with E-state index in [9.17, 15) is 9.59 Å². The van der Waals surface area contributed by atoms with E-state index in [1.807, 2.05) is 31.2 Å². The van der Waals surface area contributed by atoms with Crippen molar-refractivity contribution in [2.45, 2.75) is 19.4 Å². The maximum absolute atomic E-state index is 12.1. The first-order valence-corrected chi connectivity index (χ1v) is 7.70. The number of rotatable bonds is 7. The zero-order valence-electron chi connectivity index (χ0n) is 13.5. The van der Waals surface area contributed by atoms with E-state index < -0.39 is 0 Å². The molecule has 0 spiro atoms. The third-order valence-corrected chi connectivity index (χ3v) is 3.51. The van der Waals surface area contributed by atoms with Crippen molar-refractivity contribution in [1.82, 2.24) is 10.6 Å². The highest BCUT2D eigenvalue weighted by molar-refractivity contribution is 5.96. The smallest absolute Gasteiger partial charge is 0.315 e. The highest BCUT2D eigenvalue weighted by atomic mass is 16.5. The van der Waals surface area contributed by atoms with Crippen LogP contribution in [0.25, 0.3) is 0 Å². The summed E-state index contributed by atoms with van der Waals surface area (Å²) in [6, 6.07) is 6.90. The van der Waals surface area contributed by atoms with Crippen molar-refractivity contribution < 1.29 is 19.1 Å². The second-order valence-electron chi connectivity index (χ2n) is 5.23. The summed E-state index contributed by atoms with van der Waals surface area (Å²) in [5.41, 5.74) is 0.808. The fourth-order valence-corrected chi connectivity index (χ4v) is 2.45. The van der Waals surface area contributed by atoms with Gasteiger partial charge in [-0.05, 0) is 31.2 Å². The molecule has 1 aromatic carbocycles. The van der Waals surface area contributed by atoms with Crippen molar-refractivity contribution in [2.75, 3.05) is 38.3 Å². The molecule has 1 saturated heterocycles. The molecule has 2 N–H and O–H groups in total. The van der Waals surface area contributed by atoms with Crippen LogP contribution >= 0.6 is 0 Å². The Labute approximate surface area is 135 Å². The average molecular weight is 321 g/mol. The van der Waals surface area contributed by atoms with Gasteiger partial charge in [0, 0.05) is 32.3 Å². The first kappa shape index (κ1) is 17.1. The number of ether oxygens (including phenoxy) is 2. The minimum Gasteiger partial charge on any atom is -0.494 e. The first-order chi connectivity index (χ1) is 11.1. The summed E-state index contributed by atoms with van der Waals surface area (Å²) in [6.45, 7) is 3.88. The topological polar surface area (TPSA) is 79.9 Å². The zero-order chi connectivity index (χ0) is 16.7. The number of nitrogens with zero attached hydrogens (tertiary/aromatic N) is 1. The van der Waals surface area contributed by atoms with E-state index in [0.29, 0.717) is 32.7 Å². The van der Waals surface area contributed by atoms with Crippen molar-refractivity contribution in [3.05, 3.63) is 24.3 Å². The Morgan fingerprint density at radius 1 is 1.35 bits per heavy atom. The van der Waals surface area contributed by atoms with Gasteiger partial charge in [-0.3, -0.25) is 4.79 Å². The van der Waals surface area contributed by atoms with Crippen LogP contribution in [0.4, 0.5) is 10.5 Å². The molecule has 1 aliphatic heterocycles. The standard InChI is InChI=1S/C16H23N3O4/c1-3-23-14-6-4-13(5-7-14)19-11-12(10-15(19)20)18-16(21)17-8-9-22-2/h4-7,12H,3,8-11H2,1-2H3,(H2,17,18,21)/t12-/m0/s1. The van der Waals surface area contributed by atoms with Crippen LogP contribution in [0.2, 0.25) is 0 Å². The van der Waals surface area contributed by atoms with E-state index >= 15 is 0 Å². The minimum atomic E-state index is -0.284. The largest absolute Gasteiger partial charge is 0.494 e. The van der Waals surface area contributed by atoms with Crippen molar-refractivity contribution in [3.8, 4) is 5.75 Å². The Hall–Kier alpha value is -2.28. The molecule has 0 aliphatic carbocycles. The quantitative estimate of drug-likeness (QED) is 0.738. The predicted octanol–water partition coefficient (Wildman–Crippen LogP) is 1.14. The van der Waals surface area contributed by atoms with Crippen molar-refractivity contribution in [1.29, 1.82) is 0 Å². The molecular weight excluding hydrogens is 298 g/mol. The lowest BCUT2D eigenvalue weighted by atomic mass is 10.2. The molecule has 23 heavy (non-hydrogen) atoms. The molecule has 0 aromatic heterocycles. The van der Waals surface area contributed by atoms with Crippen LogP contribution in [0, 0.1) is 0 Å². The maximum Gasteiger partial charge on any atom is 0.315 e. The van der Waals surface area contributed by atoms with Gasteiger partial charge < -0.3 is 25.0 Å². The molecule has 7 nitrogen and oxygen atoms in total. The van der Waals surface area contributed by atoms with Crippen LogP contribution in [-0.4, -0.2) is 51.4 Å². The van der Waals surface area contributed by atoms with E-state index in [1.165, 1.54) is 0 Å². The number of hydrogen-bond donors (Lipinski definition) is 2. The van der Waals surface area contributed by atoms with Gasteiger partial charge in [0.1, 0.15) is 5.75 Å². The molecule has 0 bridgehead atoms. The molecule has 1 aliphatic rings. The summed E-state index contributed by atoms with van der Waals surface area (Å²) in [5.74, 6) is 0.770. The maximum atomic E-state index is 12.1. The van der Waals surface area contributed by atoms with Crippen LogP contribution in [0.3, 0.4) is 0 Å². The van der Waals surface area contributed by atoms with Gasteiger partial charge >= 0.3 is 6.03 Å². The van der Waals surface area contributed by atoms with Gasteiger partial charge in [-0.1, -0.05) is 0 Å². The number of amides is 3. The summed E-state index contributed by atoms with van der Waals surface area (Å²) >= 11 is 0. The molecule has 2 rings (SSSR count). The normalized spacial score (nSPS) is 17.2. The van der Waals surface area contributed by atoms with E-state index in [0.717, 1.165) is 11.4 Å². The Bertz CT molecular complexity index is 533. The summed E-state index contributed by atoms with van der Waals surface area (Å²) in [6.07, 6.45) is 0.297. The molecule has 7 heteroatoms. The van der Waals surface area contributed by atoms with Gasteiger partial charge in [0.15, 0.2) is 0 Å². The average Bonchev–Trinajstić information content (AvgIpc) is 2.89. The fraction of sp³-hybridized carbons (Fsp3) is 0.500. The van der Waals surface area contributed by atoms with Crippen molar-refractivity contribution >= 4 is 17.6 Å². The summed E-state index contributed by atoms with van der Waals surface area (Å²) in [7, 11) is 1.57. The van der Waals surface area contributed by atoms with E-state index in [2.05, 4.69) is 10.6 Å². The molecule has 1 aromatic rings. The van der Waals surface area contributed by atoms with Crippen molar-refractivity contribution in [3.63, 3.8) is 0 Å². The molecule has 1 atom stereocenters. The molecule has 0 unspecified atom stereocenters. The lowest BCUT2D eigenvalue weighted by Crippen LogP contribution is -2.44. The lowest BCUT2D eigenvalue weighted by Gasteiger charge is -2.18. The monoisotopic (exact) mass is 321 g/mol. The van der Waals surface area contributed by atoms with E-state index in [1.54, 1.807) is 12.0 Å². The Morgan fingerprint density at radius 3 is 2.74 bits per heavy atom. The van der Waals surface area contributed by atoms with Gasteiger partial charge in [-0.15, -0.1) is 0 Å². The van der Waals surface area contributed by atoms with E-state index in [4.69, 9.17) is 9.47 Å². The molecule has 0 saturated carbocycles. The lowest BCUT2D eigenvalue weighted by molar-refractivity contribution is -0.117. The molecular formula is C16H23N3O4. The summed E-state index contributed by atoms with van der Waals surface area (Å²) in [4.78, 5) is 25.5. The number of methoxy groups -OCH3 is 1. The van der Waals surface area contributed by atoms with Gasteiger partial charge in [0.25, 0.3) is 0 Å². The first-order valence-electron chi connectivity index (χ1n) is 7.70. The molecule has 126 valence electrons. The zero-order valence-corrected chi connectivity index (χ0v) is 13.5. The number of carbonyl (C=O) groups is 2. The number of urea groups is 1. The van der Waals surface area contributed by atoms with Gasteiger partial charge in [0.2, 0.25) is 5.91 Å². The van der Waals surface area contributed by atoms with Gasteiger partial charge in [-0.25, -0.2) is 4.79 Å². The molecule has 0 radical (unpaired) electrons. The number of benzene rings is 1.